The molecule has 2 heterocycles. The van der Waals surface area contributed by atoms with E-state index in [2.05, 4.69) is 57.1 Å². The zero-order valence-corrected chi connectivity index (χ0v) is 27.3. The third-order valence-electron chi connectivity index (χ3n) is 6.38. The van der Waals surface area contributed by atoms with E-state index in [-0.39, 0.29) is 11.5 Å². The average molecular weight is 789 g/mol. The number of amides is 1. The Morgan fingerprint density at radius 3 is 2.66 bits per heavy atom. The monoisotopic (exact) mass is 789 g/mol. The van der Waals surface area contributed by atoms with Gasteiger partial charge in [0, 0.05) is 14.8 Å². The van der Waals surface area contributed by atoms with Gasteiger partial charge in [-0.05, 0) is 100 Å². The summed E-state index contributed by atoms with van der Waals surface area (Å²) >= 11 is 5.76. The van der Waals surface area contributed by atoms with Crippen LogP contribution in [0.5, 0.6) is 11.5 Å². The van der Waals surface area contributed by atoms with Crippen molar-refractivity contribution >= 4 is 74.2 Å². The second kappa shape index (κ2) is 12.7. The maximum absolute atomic E-state index is 14.1. The molecule has 0 bridgehead atoms. The number of ether oxygens (including phenoxy) is 2. The molecule has 0 saturated heterocycles. The van der Waals surface area contributed by atoms with Crippen LogP contribution >= 0.6 is 56.5 Å². The van der Waals surface area contributed by atoms with Gasteiger partial charge in [-0.2, -0.15) is 0 Å². The number of carbonyl (C=O) groups is 1. The van der Waals surface area contributed by atoms with E-state index in [4.69, 9.17) is 14.5 Å². The Morgan fingerprint density at radius 2 is 1.93 bits per heavy atom. The van der Waals surface area contributed by atoms with Gasteiger partial charge in [-0.15, -0.1) is 0 Å². The van der Waals surface area contributed by atoms with Crippen molar-refractivity contribution in [1.29, 1.82) is 0 Å². The number of nitrogens with one attached hydrogen (secondary N) is 1. The third kappa shape index (κ3) is 6.19. The summed E-state index contributed by atoms with van der Waals surface area (Å²) in [4.78, 5) is 33.1. The van der Waals surface area contributed by atoms with E-state index >= 15 is 0 Å². The molecule has 7 nitrogen and oxygen atoms in total. The molecular formula is C31H25I2N3O4S. The minimum Gasteiger partial charge on any atom is -0.497 e. The molecule has 5 rings (SSSR count). The number of aromatic nitrogens is 1. The van der Waals surface area contributed by atoms with Crippen molar-refractivity contribution < 1.29 is 14.3 Å². The summed E-state index contributed by atoms with van der Waals surface area (Å²) in [6.45, 7) is 5.89. The molecule has 1 atom stereocenters. The van der Waals surface area contributed by atoms with Crippen LogP contribution in [0.2, 0.25) is 0 Å². The summed E-state index contributed by atoms with van der Waals surface area (Å²) in [5.41, 5.74) is 2.85. The first-order chi connectivity index (χ1) is 19.8. The number of halogens is 2. The SMILES string of the molecule is C=CCOc1c(I)cc(I)cc1/C=c1\sc2n(c1=O)[C@H](c1cccc(OC)c1)C(C(=O)Nc1ccccc1)=C(C)N=2. The highest BCUT2D eigenvalue weighted by atomic mass is 127. The molecule has 1 aromatic heterocycles. The average Bonchev–Trinajstić information content (AvgIpc) is 3.26. The smallest absolute Gasteiger partial charge is 0.271 e. The zero-order valence-electron chi connectivity index (χ0n) is 22.2. The third-order valence-corrected chi connectivity index (χ3v) is 8.78. The van der Waals surface area contributed by atoms with E-state index in [0.717, 1.165) is 18.3 Å². The predicted molar refractivity (Wildman–Crippen MR) is 179 cm³/mol. The van der Waals surface area contributed by atoms with Crippen molar-refractivity contribution in [2.75, 3.05) is 19.0 Å². The Balaban J connectivity index is 1.70. The van der Waals surface area contributed by atoms with E-state index in [0.29, 0.717) is 44.4 Å². The molecule has 1 aliphatic heterocycles. The number of rotatable bonds is 8. The van der Waals surface area contributed by atoms with Gasteiger partial charge >= 0.3 is 0 Å². The molecule has 1 N–H and O–H groups in total. The molecule has 0 spiro atoms. The van der Waals surface area contributed by atoms with Crippen molar-refractivity contribution in [1.82, 2.24) is 4.57 Å². The highest BCUT2D eigenvalue weighted by molar-refractivity contribution is 14.1. The normalized spacial score (nSPS) is 14.7. The second-order valence-corrected chi connectivity index (χ2v) is 12.5. The van der Waals surface area contributed by atoms with Gasteiger partial charge in [0.15, 0.2) is 4.80 Å². The van der Waals surface area contributed by atoms with Crippen molar-refractivity contribution in [2.45, 2.75) is 13.0 Å². The molecule has 41 heavy (non-hydrogen) atoms. The van der Waals surface area contributed by atoms with Crippen molar-refractivity contribution in [3.63, 3.8) is 0 Å². The van der Waals surface area contributed by atoms with Gasteiger partial charge in [-0.1, -0.05) is 54.3 Å². The first kappa shape index (κ1) is 29.3. The van der Waals surface area contributed by atoms with Crippen LogP contribution in [0, 0.1) is 7.14 Å². The molecule has 0 fully saturated rings. The molecular weight excluding hydrogens is 764 g/mol. The number of nitrogens with zero attached hydrogens (tertiary/aromatic N) is 2. The summed E-state index contributed by atoms with van der Waals surface area (Å²) in [5, 5.41) is 2.97. The number of carbonyl (C=O) groups excluding carboxylic acids is 1. The number of para-hydroxylation sites is 1. The minimum absolute atomic E-state index is 0.248. The van der Waals surface area contributed by atoms with Gasteiger partial charge in [0.2, 0.25) is 0 Å². The largest absolute Gasteiger partial charge is 0.497 e. The molecule has 0 radical (unpaired) electrons. The Bertz CT molecular complexity index is 1860. The second-order valence-electron chi connectivity index (χ2n) is 9.08. The Morgan fingerprint density at radius 1 is 1.15 bits per heavy atom. The van der Waals surface area contributed by atoms with E-state index in [1.165, 1.54) is 11.3 Å². The number of anilines is 1. The van der Waals surface area contributed by atoms with Crippen LogP contribution in [-0.2, 0) is 4.79 Å². The fourth-order valence-electron chi connectivity index (χ4n) is 4.58. The molecule has 10 heteroatoms. The van der Waals surface area contributed by atoms with Crippen molar-refractivity contribution in [3.05, 3.63) is 129 Å². The van der Waals surface area contributed by atoms with Gasteiger partial charge in [0.1, 0.15) is 18.1 Å². The molecule has 0 aliphatic carbocycles. The molecule has 208 valence electrons. The number of thiazole rings is 1. The lowest BCUT2D eigenvalue weighted by Gasteiger charge is -2.25. The topological polar surface area (TPSA) is 81.9 Å². The van der Waals surface area contributed by atoms with E-state index in [1.807, 2.05) is 72.8 Å². The number of methoxy groups -OCH3 is 1. The van der Waals surface area contributed by atoms with Crippen LogP contribution in [0.25, 0.3) is 6.08 Å². The van der Waals surface area contributed by atoms with Crippen LogP contribution in [-0.4, -0.2) is 24.2 Å². The molecule has 3 aromatic carbocycles. The highest BCUT2D eigenvalue weighted by Gasteiger charge is 2.33. The fourth-order valence-corrected chi connectivity index (χ4v) is 7.66. The van der Waals surface area contributed by atoms with Gasteiger partial charge in [-0.3, -0.25) is 14.2 Å². The molecule has 1 amide bonds. The van der Waals surface area contributed by atoms with Crippen LogP contribution in [0.15, 0.2) is 100 Å². The number of allylic oxidation sites excluding steroid dienone is 1. The van der Waals surface area contributed by atoms with Gasteiger partial charge in [-0.25, -0.2) is 4.99 Å². The molecule has 4 aromatic rings. The van der Waals surface area contributed by atoms with Crippen LogP contribution in [0.3, 0.4) is 0 Å². The van der Waals surface area contributed by atoms with Crippen LogP contribution in [0.1, 0.15) is 24.1 Å². The summed E-state index contributed by atoms with van der Waals surface area (Å²) in [7, 11) is 1.59. The van der Waals surface area contributed by atoms with E-state index in [1.54, 1.807) is 24.7 Å². The maximum atomic E-state index is 14.1. The number of benzene rings is 3. The summed E-state index contributed by atoms with van der Waals surface area (Å²) in [5.74, 6) is 0.978. The Hall–Kier alpha value is -3.23. The maximum Gasteiger partial charge on any atom is 0.271 e. The van der Waals surface area contributed by atoms with Gasteiger partial charge in [0.25, 0.3) is 11.5 Å². The lowest BCUT2D eigenvalue weighted by molar-refractivity contribution is -0.113. The van der Waals surface area contributed by atoms with Crippen molar-refractivity contribution in [2.24, 2.45) is 4.99 Å². The van der Waals surface area contributed by atoms with Gasteiger partial charge < -0.3 is 14.8 Å². The molecule has 0 saturated carbocycles. The molecule has 1 aliphatic rings. The quantitative estimate of drug-likeness (QED) is 0.185. The fraction of sp³-hybridized carbons (Fsp3) is 0.129. The lowest BCUT2D eigenvalue weighted by Crippen LogP contribution is -2.40. The first-order valence-corrected chi connectivity index (χ1v) is 15.5. The zero-order chi connectivity index (χ0) is 29.1. The van der Waals surface area contributed by atoms with Crippen LogP contribution < -0.4 is 29.7 Å². The first-order valence-electron chi connectivity index (χ1n) is 12.6. The minimum atomic E-state index is -0.709. The summed E-state index contributed by atoms with van der Waals surface area (Å²) < 4.78 is 15.5. The summed E-state index contributed by atoms with van der Waals surface area (Å²) in [6, 6.07) is 19.9. The van der Waals surface area contributed by atoms with E-state index < -0.39 is 6.04 Å². The van der Waals surface area contributed by atoms with E-state index in [9.17, 15) is 9.59 Å². The standard InChI is InChI=1S/C31H25I2N3O4S/c1-4-13-40-28-20(14-21(32)17-24(28)33)16-25-30(38)36-27(19-9-8-12-23(15-19)39-3)26(18(2)34-31(36)41-25)29(37)35-22-10-6-5-7-11-22/h4-12,14-17,27H,1,13H2,2-3H3,(H,35,37)/b25-16-/t27-/m1/s1. The highest BCUT2D eigenvalue weighted by Crippen LogP contribution is 2.33. The summed E-state index contributed by atoms with van der Waals surface area (Å²) in [6.07, 6.45) is 3.52. The Labute approximate surface area is 268 Å². The lowest BCUT2D eigenvalue weighted by atomic mass is 9.95. The number of hydrogen-bond donors (Lipinski definition) is 1. The van der Waals surface area contributed by atoms with Crippen LogP contribution in [0.4, 0.5) is 5.69 Å². The van der Waals surface area contributed by atoms with Gasteiger partial charge in [0.05, 0.1) is 32.5 Å². The molecule has 0 unspecified atom stereocenters. The number of hydrogen-bond acceptors (Lipinski definition) is 6. The van der Waals surface area contributed by atoms with Crippen molar-refractivity contribution in [3.8, 4) is 11.5 Å². The Kier molecular flexibility index (Phi) is 9.09. The number of fused-ring (bicyclic) bond motifs is 1. The predicted octanol–water partition coefficient (Wildman–Crippen LogP) is 5.66.